The van der Waals surface area contributed by atoms with Crippen LogP contribution in [0.1, 0.15) is 18.4 Å². The van der Waals surface area contributed by atoms with Crippen LogP contribution in [-0.2, 0) is 16.2 Å². The fourth-order valence-electron chi connectivity index (χ4n) is 4.04. The topological polar surface area (TPSA) is 67.9 Å². The highest BCUT2D eigenvalue weighted by atomic mass is 35.5. The smallest absolute Gasteiger partial charge is 0.416 e. The molecular formula is C22H23Cl2F3N2O4S. The number of hydrogen-bond acceptors (Lipinski definition) is 5. The third-order valence-electron chi connectivity index (χ3n) is 5.93. The van der Waals surface area contributed by atoms with Crippen molar-refractivity contribution in [2.24, 2.45) is 5.92 Å². The number of fused-ring (bicyclic) bond motifs is 1. The average Bonchev–Trinajstić information content (AvgIpc) is 2.79. The first-order valence-electron chi connectivity index (χ1n) is 10.7. The number of benzene rings is 2. The maximum atomic E-state index is 13.0. The molecule has 4 rings (SSSR count). The van der Waals surface area contributed by atoms with E-state index in [0.717, 1.165) is 25.0 Å². The largest absolute Gasteiger partial charge is 0.486 e. The summed E-state index contributed by atoms with van der Waals surface area (Å²) in [5.74, 6) is 0.535. The van der Waals surface area contributed by atoms with Crippen molar-refractivity contribution < 1.29 is 31.1 Å². The van der Waals surface area contributed by atoms with Crippen LogP contribution in [0.15, 0.2) is 41.3 Å². The van der Waals surface area contributed by atoms with Gasteiger partial charge in [-0.3, -0.25) is 4.90 Å². The lowest BCUT2D eigenvalue weighted by Gasteiger charge is -2.35. The molecule has 0 radical (unpaired) electrons. The molecule has 12 heteroatoms. The van der Waals surface area contributed by atoms with Gasteiger partial charge in [0.15, 0.2) is 11.5 Å². The second-order valence-corrected chi connectivity index (χ2v) is 10.9. The number of ether oxygens (including phenoxy) is 2. The zero-order chi connectivity index (χ0) is 24.5. The monoisotopic (exact) mass is 538 g/mol. The Balaban J connectivity index is 1.27. The maximum absolute atomic E-state index is 13.0. The molecule has 0 spiro atoms. The van der Waals surface area contributed by atoms with Gasteiger partial charge in [0.25, 0.3) is 0 Å². The number of nitrogens with one attached hydrogen (secondary N) is 1. The standard InChI is InChI=1S/C22H23Cl2F3N2O4S/c23-17-2-1-3-20(21(17)24)34(30,31)28-11-14-6-8-29(9-7-14)12-16-13-32-18-5-4-15(22(25,26)27)10-19(18)33-16/h1-5,10,14,16,28H,6-9,11-13H2/t16-/m0/s1. The summed E-state index contributed by atoms with van der Waals surface area (Å²) in [5.41, 5.74) is -0.780. The lowest BCUT2D eigenvalue weighted by atomic mass is 9.97. The van der Waals surface area contributed by atoms with E-state index in [9.17, 15) is 21.6 Å². The maximum Gasteiger partial charge on any atom is 0.416 e. The van der Waals surface area contributed by atoms with Gasteiger partial charge in [-0.1, -0.05) is 29.3 Å². The summed E-state index contributed by atoms with van der Waals surface area (Å²) in [4.78, 5) is 2.09. The highest BCUT2D eigenvalue weighted by Crippen LogP contribution is 2.38. The molecule has 0 unspecified atom stereocenters. The summed E-state index contributed by atoms with van der Waals surface area (Å²) in [7, 11) is -3.79. The van der Waals surface area contributed by atoms with Crippen molar-refractivity contribution in [2.75, 3.05) is 32.8 Å². The molecule has 0 aliphatic carbocycles. The van der Waals surface area contributed by atoms with E-state index in [0.29, 0.717) is 25.4 Å². The first kappa shape index (κ1) is 25.4. The zero-order valence-corrected chi connectivity index (χ0v) is 20.3. The Kier molecular flexibility index (Phi) is 7.54. The van der Waals surface area contributed by atoms with Crippen molar-refractivity contribution in [3.63, 3.8) is 0 Å². The van der Waals surface area contributed by atoms with Gasteiger partial charge in [0.1, 0.15) is 17.6 Å². The molecule has 2 aliphatic rings. The highest BCUT2D eigenvalue weighted by molar-refractivity contribution is 7.89. The summed E-state index contributed by atoms with van der Waals surface area (Å²) >= 11 is 12.0. The van der Waals surface area contributed by atoms with Crippen LogP contribution in [-0.4, -0.2) is 52.2 Å². The quantitative estimate of drug-likeness (QED) is 0.569. The van der Waals surface area contributed by atoms with E-state index < -0.39 is 27.9 Å². The van der Waals surface area contributed by atoms with Crippen LogP contribution in [0.4, 0.5) is 13.2 Å². The summed E-state index contributed by atoms with van der Waals surface area (Å²) in [6.07, 6.45) is -3.33. The van der Waals surface area contributed by atoms with Crippen molar-refractivity contribution in [2.45, 2.75) is 30.0 Å². The Morgan fingerprint density at radius 3 is 2.53 bits per heavy atom. The van der Waals surface area contributed by atoms with E-state index in [4.69, 9.17) is 32.7 Å². The third-order valence-corrected chi connectivity index (χ3v) is 8.32. The van der Waals surface area contributed by atoms with Crippen LogP contribution in [0.3, 0.4) is 0 Å². The number of hydrogen-bond donors (Lipinski definition) is 1. The predicted molar refractivity (Wildman–Crippen MR) is 122 cm³/mol. The Morgan fingerprint density at radius 1 is 1.09 bits per heavy atom. The molecule has 2 aromatic rings. The van der Waals surface area contributed by atoms with E-state index in [1.165, 1.54) is 24.3 Å². The molecule has 2 heterocycles. The van der Waals surface area contributed by atoms with Gasteiger partial charge in [-0.05, 0) is 62.2 Å². The number of likely N-dealkylation sites (tertiary alicyclic amines) is 1. The molecule has 0 bridgehead atoms. The minimum Gasteiger partial charge on any atom is -0.486 e. The average molecular weight is 539 g/mol. The van der Waals surface area contributed by atoms with E-state index >= 15 is 0 Å². The molecule has 186 valence electrons. The van der Waals surface area contributed by atoms with E-state index in [1.54, 1.807) is 0 Å². The van der Waals surface area contributed by atoms with Crippen LogP contribution >= 0.6 is 23.2 Å². The summed E-state index contributed by atoms with van der Waals surface area (Å²) in [5, 5.41) is 0.161. The van der Waals surface area contributed by atoms with Gasteiger partial charge in [0, 0.05) is 13.1 Å². The van der Waals surface area contributed by atoms with Crippen LogP contribution in [0, 0.1) is 5.92 Å². The molecule has 2 aromatic carbocycles. The third kappa shape index (κ3) is 5.91. The lowest BCUT2D eigenvalue weighted by Crippen LogP contribution is -2.45. The molecule has 0 saturated carbocycles. The number of rotatable bonds is 6. The Labute approximate surface area is 206 Å². The van der Waals surface area contributed by atoms with Crippen LogP contribution in [0.5, 0.6) is 11.5 Å². The Hall–Kier alpha value is -1.72. The van der Waals surface area contributed by atoms with Crippen molar-refractivity contribution in [1.29, 1.82) is 0 Å². The molecular weight excluding hydrogens is 516 g/mol. The number of sulfonamides is 1. The molecule has 1 fully saturated rings. The first-order valence-corrected chi connectivity index (χ1v) is 12.9. The fourth-order valence-corrected chi connectivity index (χ4v) is 5.92. The van der Waals surface area contributed by atoms with E-state index in [2.05, 4.69) is 9.62 Å². The van der Waals surface area contributed by atoms with Gasteiger partial charge in [0.2, 0.25) is 10.0 Å². The summed E-state index contributed by atoms with van der Waals surface area (Å²) in [6, 6.07) is 7.67. The number of alkyl halides is 3. The molecule has 2 aliphatic heterocycles. The lowest BCUT2D eigenvalue weighted by molar-refractivity contribution is -0.137. The van der Waals surface area contributed by atoms with Crippen molar-refractivity contribution in [1.82, 2.24) is 9.62 Å². The Morgan fingerprint density at radius 2 is 1.82 bits per heavy atom. The second-order valence-electron chi connectivity index (χ2n) is 8.36. The molecule has 6 nitrogen and oxygen atoms in total. The summed E-state index contributed by atoms with van der Waals surface area (Å²) in [6.45, 7) is 2.44. The molecule has 1 saturated heterocycles. The minimum atomic E-state index is -4.45. The van der Waals surface area contributed by atoms with Crippen molar-refractivity contribution >= 4 is 33.2 Å². The zero-order valence-electron chi connectivity index (χ0n) is 17.9. The molecule has 1 atom stereocenters. The van der Waals surface area contributed by atoms with Gasteiger partial charge in [-0.15, -0.1) is 0 Å². The van der Waals surface area contributed by atoms with Gasteiger partial charge < -0.3 is 9.47 Å². The number of piperidine rings is 1. The number of nitrogens with zero attached hydrogens (tertiary/aromatic N) is 1. The molecule has 0 aromatic heterocycles. The molecule has 0 amide bonds. The SMILES string of the molecule is O=S(=O)(NCC1CCN(C[C@H]2COc3ccc(C(F)(F)F)cc3O2)CC1)c1cccc(Cl)c1Cl. The van der Waals surface area contributed by atoms with Crippen molar-refractivity contribution in [3.8, 4) is 11.5 Å². The van der Waals surface area contributed by atoms with E-state index in [1.807, 2.05) is 0 Å². The fraction of sp³-hybridized carbons (Fsp3) is 0.455. The predicted octanol–water partition coefficient (Wildman–Crippen LogP) is 4.84. The van der Waals surface area contributed by atoms with Gasteiger partial charge >= 0.3 is 6.18 Å². The second kappa shape index (κ2) is 10.1. The minimum absolute atomic E-state index is 0.00915. The van der Waals surface area contributed by atoms with E-state index in [-0.39, 0.29) is 39.8 Å². The summed E-state index contributed by atoms with van der Waals surface area (Å²) < 4.78 is 78.1. The van der Waals surface area contributed by atoms with Gasteiger partial charge in [-0.2, -0.15) is 13.2 Å². The van der Waals surface area contributed by atoms with Crippen LogP contribution in [0.2, 0.25) is 10.0 Å². The van der Waals surface area contributed by atoms with Crippen molar-refractivity contribution in [3.05, 3.63) is 52.0 Å². The normalized spacial score (nSPS) is 19.9. The molecule has 34 heavy (non-hydrogen) atoms. The Bertz CT molecular complexity index is 1140. The van der Waals surface area contributed by atoms with Crippen LogP contribution in [0.25, 0.3) is 0 Å². The van der Waals surface area contributed by atoms with Crippen LogP contribution < -0.4 is 14.2 Å². The van der Waals surface area contributed by atoms with Gasteiger partial charge in [-0.25, -0.2) is 13.1 Å². The molecule has 1 N–H and O–H groups in total. The van der Waals surface area contributed by atoms with Gasteiger partial charge in [0.05, 0.1) is 15.6 Å². The number of halogens is 5. The highest BCUT2D eigenvalue weighted by Gasteiger charge is 2.33. The first-order chi connectivity index (χ1) is 16.0.